The maximum absolute atomic E-state index is 6.18. The number of halogens is 1. The zero-order chi connectivity index (χ0) is 19.5. The van der Waals surface area contributed by atoms with Crippen LogP contribution in [0, 0.1) is 6.92 Å². The lowest BCUT2D eigenvalue weighted by Crippen LogP contribution is -2.02. The monoisotopic (exact) mass is 414 g/mol. The molecule has 0 aliphatic carbocycles. The Morgan fingerprint density at radius 1 is 1.14 bits per heavy atom. The molecule has 0 radical (unpaired) electrons. The van der Waals surface area contributed by atoms with Gasteiger partial charge in [0.05, 0.1) is 23.4 Å². The predicted octanol–water partition coefficient (Wildman–Crippen LogP) is 3.98. The molecule has 10 heteroatoms. The van der Waals surface area contributed by atoms with Crippen LogP contribution in [0.5, 0.6) is 5.75 Å². The SMILES string of the molecule is COc1ccc(C)cc1-n1nnnc1SCc1nnc(-c2ccccc2Cl)o1. The first kappa shape index (κ1) is 18.5. The van der Waals surface area contributed by atoms with Crippen LogP contribution in [0.4, 0.5) is 0 Å². The van der Waals surface area contributed by atoms with Crippen LogP contribution in [-0.4, -0.2) is 37.5 Å². The number of aromatic nitrogens is 6. The first-order chi connectivity index (χ1) is 13.7. The summed E-state index contributed by atoms with van der Waals surface area (Å²) in [4.78, 5) is 0. The fourth-order valence-electron chi connectivity index (χ4n) is 2.57. The number of rotatable bonds is 6. The standard InChI is InChI=1S/C18H15ClN6O2S/c1-11-7-8-15(26-2)14(9-11)25-18(22-23-24-25)28-10-16-20-21-17(27-16)12-5-3-4-6-13(12)19/h3-9H,10H2,1-2H3. The number of aryl methyl sites for hydroxylation is 1. The lowest BCUT2D eigenvalue weighted by Gasteiger charge is -2.09. The van der Waals surface area contributed by atoms with Crippen LogP contribution in [0.1, 0.15) is 11.5 Å². The van der Waals surface area contributed by atoms with Gasteiger partial charge in [-0.2, -0.15) is 4.68 Å². The molecule has 0 saturated carbocycles. The van der Waals surface area contributed by atoms with E-state index in [-0.39, 0.29) is 0 Å². The fraction of sp³-hybridized carbons (Fsp3) is 0.167. The summed E-state index contributed by atoms with van der Waals surface area (Å²) in [5.74, 6) is 1.91. The fourth-order valence-corrected chi connectivity index (χ4v) is 3.50. The summed E-state index contributed by atoms with van der Waals surface area (Å²) in [7, 11) is 1.61. The van der Waals surface area contributed by atoms with Gasteiger partial charge in [0.2, 0.25) is 16.9 Å². The molecule has 2 heterocycles. The molecule has 28 heavy (non-hydrogen) atoms. The van der Waals surface area contributed by atoms with Crippen molar-refractivity contribution in [1.29, 1.82) is 0 Å². The molecule has 0 amide bonds. The summed E-state index contributed by atoms with van der Waals surface area (Å²) in [6.07, 6.45) is 0. The quantitative estimate of drug-likeness (QED) is 0.437. The van der Waals surface area contributed by atoms with Crippen molar-refractivity contribution in [3.05, 3.63) is 58.9 Å². The molecule has 0 saturated heterocycles. The molecule has 0 unspecified atom stereocenters. The Morgan fingerprint density at radius 2 is 2.00 bits per heavy atom. The summed E-state index contributed by atoms with van der Waals surface area (Å²) >= 11 is 7.56. The zero-order valence-corrected chi connectivity index (χ0v) is 16.6. The summed E-state index contributed by atoms with van der Waals surface area (Å²) in [6.45, 7) is 1.99. The first-order valence-electron chi connectivity index (χ1n) is 8.29. The number of hydrogen-bond donors (Lipinski definition) is 0. The topological polar surface area (TPSA) is 91.8 Å². The third kappa shape index (κ3) is 3.71. The summed E-state index contributed by atoms with van der Waals surface area (Å²) < 4.78 is 12.8. The molecule has 0 fully saturated rings. The van der Waals surface area contributed by atoms with E-state index in [4.69, 9.17) is 20.8 Å². The van der Waals surface area contributed by atoms with Gasteiger partial charge in [-0.3, -0.25) is 0 Å². The molecule has 0 N–H and O–H groups in total. The van der Waals surface area contributed by atoms with Crippen LogP contribution in [-0.2, 0) is 5.75 Å². The average molecular weight is 415 g/mol. The van der Waals surface area contributed by atoms with E-state index in [1.807, 2.05) is 43.3 Å². The van der Waals surface area contributed by atoms with Crippen molar-refractivity contribution in [2.45, 2.75) is 17.8 Å². The van der Waals surface area contributed by atoms with E-state index in [0.29, 0.717) is 39.0 Å². The molecule has 4 aromatic rings. The van der Waals surface area contributed by atoms with Crippen molar-refractivity contribution in [3.8, 4) is 22.9 Å². The van der Waals surface area contributed by atoms with Crippen LogP contribution in [0.15, 0.2) is 52.0 Å². The highest BCUT2D eigenvalue weighted by Gasteiger charge is 2.16. The van der Waals surface area contributed by atoms with Crippen molar-refractivity contribution in [3.63, 3.8) is 0 Å². The van der Waals surface area contributed by atoms with E-state index >= 15 is 0 Å². The van der Waals surface area contributed by atoms with Crippen LogP contribution in [0.3, 0.4) is 0 Å². The van der Waals surface area contributed by atoms with Crippen molar-refractivity contribution in [2.24, 2.45) is 0 Å². The van der Waals surface area contributed by atoms with E-state index < -0.39 is 0 Å². The van der Waals surface area contributed by atoms with Crippen molar-refractivity contribution in [1.82, 2.24) is 30.4 Å². The molecular weight excluding hydrogens is 400 g/mol. The highest BCUT2D eigenvalue weighted by atomic mass is 35.5. The third-order valence-electron chi connectivity index (χ3n) is 3.90. The Bertz CT molecular complexity index is 1110. The Kier molecular flexibility index (Phi) is 5.27. The zero-order valence-electron chi connectivity index (χ0n) is 15.0. The van der Waals surface area contributed by atoms with Gasteiger partial charge in [-0.25, -0.2) is 0 Å². The predicted molar refractivity (Wildman–Crippen MR) is 105 cm³/mol. The number of tetrazole rings is 1. The van der Waals surface area contributed by atoms with Crippen LogP contribution in [0.25, 0.3) is 17.1 Å². The molecule has 2 aromatic heterocycles. The molecule has 8 nitrogen and oxygen atoms in total. The van der Waals surface area contributed by atoms with E-state index in [1.165, 1.54) is 11.8 Å². The minimum Gasteiger partial charge on any atom is -0.494 e. The molecule has 0 atom stereocenters. The molecule has 4 rings (SSSR count). The average Bonchev–Trinajstić information content (AvgIpc) is 3.36. The van der Waals surface area contributed by atoms with Crippen molar-refractivity contribution < 1.29 is 9.15 Å². The van der Waals surface area contributed by atoms with Gasteiger partial charge in [0.15, 0.2) is 0 Å². The largest absolute Gasteiger partial charge is 0.494 e. The minimum atomic E-state index is 0.376. The van der Waals surface area contributed by atoms with Gasteiger partial charge in [-0.1, -0.05) is 41.6 Å². The highest BCUT2D eigenvalue weighted by molar-refractivity contribution is 7.98. The number of thioether (sulfide) groups is 1. The second-order valence-corrected chi connectivity index (χ2v) is 7.17. The molecule has 2 aromatic carbocycles. The molecule has 0 aliphatic rings. The maximum Gasteiger partial charge on any atom is 0.249 e. The van der Waals surface area contributed by atoms with Crippen molar-refractivity contribution >= 4 is 23.4 Å². The number of hydrogen-bond acceptors (Lipinski definition) is 8. The number of methoxy groups -OCH3 is 1. The van der Waals surface area contributed by atoms with E-state index in [1.54, 1.807) is 17.9 Å². The molecular formula is C18H15ClN6O2S. The van der Waals surface area contributed by atoms with Crippen LogP contribution in [0.2, 0.25) is 5.02 Å². The minimum absolute atomic E-state index is 0.376. The summed E-state index contributed by atoms with van der Waals surface area (Å²) in [6, 6.07) is 13.1. The number of nitrogens with zero attached hydrogens (tertiary/aromatic N) is 6. The number of ether oxygens (including phenoxy) is 1. The Labute approximate surface area is 169 Å². The maximum atomic E-state index is 6.18. The Hall–Kier alpha value is -2.91. The van der Waals surface area contributed by atoms with E-state index in [0.717, 1.165) is 11.3 Å². The van der Waals surface area contributed by atoms with Gasteiger partial charge in [-0.15, -0.1) is 15.3 Å². The first-order valence-corrected chi connectivity index (χ1v) is 9.65. The van der Waals surface area contributed by atoms with Gasteiger partial charge in [-0.05, 0) is 47.2 Å². The normalized spacial score (nSPS) is 11.0. The van der Waals surface area contributed by atoms with Crippen LogP contribution < -0.4 is 4.74 Å². The van der Waals surface area contributed by atoms with Gasteiger partial charge >= 0.3 is 0 Å². The lowest BCUT2D eigenvalue weighted by atomic mass is 10.2. The van der Waals surface area contributed by atoms with Gasteiger partial charge in [0.25, 0.3) is 0 Å². The number of benzene rings is 2. The van der Waals surface area contributed by atoms with Crippen LogP contribution >= 0.6 is 23.4 Å². The summed E-state index contributed by atoms with van der Waals surface area (Å²) in [5, 5.41) is 21.3. The van der Waals surface area contributed by atoms with Gasteiger partial charge in [0, 0.05) is 0 Å². The smallest absolute Gasteiger partial charge is 0.249 e. The third-order valence-corrected chi connectivity index (χ3v) is 5.13. The molecule has 0 spiro atoms. The second-order valence-electron chi connectivity index (χ2n) is 5.82. The van der Waals surface area contributed by atoms with Crippen molar-refractivity contribution in [2.75, 3.05) is 7.11 Å². The molecule has 0 aliphatic heterocycles. The molecule has 142 valence electrons. The Balaban J connectivity index is 1.54. The van der Waals surface area contributed by atoms with E-state index in [9.17, 15) is 0 Å². The second kappa shape index (κ2) is 7.99. The van der Waals surface area contributed by atoms with Gasteiger partial charge in [0.1, 0.15) is 11.4 Å². The highest BCUT2D eigenvalue weighted by Crippen LogP contribution is 2.30. The summed E-state index contributed by atoms with van der Waals surface area (Å²) in [5.41, 5.74) is 2.53. The molecule has 0 bridgehead atoms. The van der Waals surface area contributed by atoms with Gasteiger partial charge < -0.3 is 9.15 Å². The Morgan fingerprint density at radius 3 is 2.82 bits per heavy atom. The lowest BCUT2D eigenvalue weighted by molar-refractivity contribution is 0.410. The van der Waals surface area contributed by atoms with E-state index in [2.05, 4.69) is 25.7 Å².